The van der Waals surface area contributed by atoms with Gasteiger partial charge in [-0.1, -0.05) is 18.2 Å². The van der Waals surface area contributed by atoms with E-state index in [9.17, 15) is 4.39 Å². The Balaban J connectivity index is 1.97. The maximum atomic E-state index is 14.4. The van der Waals surface area contributed by atoms with Crippen LogP contribution in [0.25, 0.3) is 22.9 Å². The van der Waals surface area contributed by atoms with Gasteiger partial charge >= 0.3 is 0 Å². The first-order valence-corrected chi connectivity index (χ1v) is 6.79. The van der Waals surface area contributed by atoms with Crippen LogP contribution in [0.2, 0.25) is 0 Å². The highest BCUT2D eigenvalue weighted by Crippen LogP contribution is 2.32. The zero-order chi connectivity index (χ0) is 15.5. The van der Waals surface area contributed by atoms with Gasteiger partial charge in [0, 0.05) is 17.0 Å². The molecule has 0 radical (unpaired) electrons. The van der Waals surface area contributed by atoms with Crippen LogP contribution >= 0.6 is 0 Å². The highest BCUT2D eigenvalue weighted by atomic mass is 19.1. The fraction of sp³-hybridized carbons (Fsp3) is 0.111. The van der Waals surface area contributed by atoms with Gasteiger partial charge in [0.2, 0.25) is 0 Å². The topological polar surface area (TPSA) is 31.6 Å². The molecule has 0 spiro atoms. The third kappa shape index (κ3) is 2.68. The second-order valence-corrected chi connectivity index (χ2v) is 4.75. The monoisotopic (exact) mass is 298 g/mol. The van der Waals surface area contributed by atoms with E-state index in [4.69, 9.17) is 13.9 Å². The predicted molar refractivity (Wildman–Crippen MR) is 84.7 cm³/mol. The Hall–Kier alpha value is -2.75. The quantitative estimate of drug-likeness (QED) is 0.685. The molecule has 3 nitrogen and oxygen atoms in total. The highest BCUT2D eigenvalue weighted by Gasteiger charge is 2.09. The molecule has 0 amide bonds. The first-order valence-electron chi connectivity index (χ1n) is 6.79. The third-order valence-corrected chi connectivity index (χ3v) is 3.37. The van der Waals surface area contributed by atoms with E-state index in [0.29, 0.717) is 22.8 Å². The van der Waals surface area contributed by atoms with Crippen molar-refractivity contribution in [1.82, 2.24) is 0 Å². The van der Waals surface area contributed by atoms with Gasteiger partial charge in [-0.2, -0.15) is 0 Å². The maximum Gasteiger partial charge on any atom is 0.161 e. The summed E-state index contributed by atoms with van der Waals surface area (Å²) in [6.45, 7) is 0. The first-order chi connectivity index (χ1) is 10.7. The molecular weight excluding hydrogens is 283 g/mol. The summed E-state index contributed by atoms with van der Waals surface area (Å²) in [7, 11) is 3.06. The average molecular weight is 298 g/mol. The number of hydrogen-bond acceptors (Lipinski definition) is 3. The van der Waals surface area contributed by atoms with Gasteiger partial charge in [0.1, 0.15) is 17.2 Å². The second kappa shape index (κ2) is 5.93. The lowest BCUT2D eigenvalue weighted by atomic mass is 10.1. The standard InChI is InChI=1S/C18H15FO3/c1-20-17-8-7-12(10-18(17)21-2)15(19)11-14-9-13-5-3-4-6-16(13)22-14/h3-11H,1-2H3/b15-11-. The molecule has 0 atom stereocenters. The minimum atomic E-state index is -0.403. The molecule has 2 aromatic carbocycles. The summed E-state index contributed by atoms with van der Waals surface area (Å²) >= 11 is 0. The van der Waals surface area contributed by atoms with Gasteiger partial charge < -0.3 is 13.9 Å². The molecule has 0 aliphatic rings. The Morgan fingerprint density at radius 2 is 1.77 bits per heavy atom. The van der Waals surface area contributed by atoms with Crippen LogP contribution in [0.4, 0.5) is 4.39 Å². The largest absolute Gasteiger partial charge is 0.493 e. The van der Waals surface area contributed by atoms with Crippen LogP contribution < -0.4 is 9.47 Å². The highest BCUT2D eigenvalue weighted by molar-refractivity contribution is 5.83. The van der Waals surface area contributed by atoms with Gasteiger partial charge in [0.15, 0.2) is 11.5 Å². The van der Waals surface area contributed by atoms with Crippen molar-refractivity contribution in [1.29, 1.82) is 0 Å². The predicted octanol–water partition coefficient (Wildman–Crippen LogP) is 4.92. The van der Waals surface area contributed by atoms with Crippen LogP contribution in [-0.4, -0.2) is 14.2 Å². The second-order valence-electron chi connectivity index (χ2n) is 4.75. The van der Waals surface area contributed by atoms with Gasteiger partial charge in [-0.3, -0.25) is 0 Å². The van der Waals surface area contributed by atoms with Crippen molar-refractivity contribution in [2.75, 3.05) is 14.2 Å². The molecule has 0 N–H and O–H groups in total. The van der Waals surface area contributed by atoms with E-state index >= 15 is 0 Å². The lowest BCUT2D eigenvalue weighted by Crippen LogP contribution is -1.91. The van der Waals surface area contributed by atoms with Crippen molar-refractivity contribution >= 4 is 22.9 Å². The average Bonchev–Trinajstić information content (AvgIpc) is 2.96. The number of hydrogen-bond donors (Lipinski definition) is 0. The third-order valence-electron chi connectivity index (χ3n) is 3.37. The van der Waals surface area contributed by atoms with Crippen molar-refractivity contribution < 1.29 is 18.3 Å². The number of ether oxygens (including phenoxy) is 2. The Bertz CT molecular complexity index is 800. The molecule has 0 aliphatic heterocycles. The summed E-state index contributed by atoms with van der Waals surface area (Å²) in [6.07, 6.45) is 1.36. The molecule has 4 heteroatoms. The molecule has 1 heterocycles. The van der Waals surface area contributed by atoms with Crippen LogP contribution in [0.15, 0.2) is 52.9 Å². The lowest BCUT2D eigenvalue weighted by Gasteiger charge is -2.08. The minimum absolute atomic E-state index is 0.401. The molecule has 22 heavy (non-hydrogen) atoms. The summed E-state index contributed by atoms with van der Waals surface area (Å²) in [5.41, 5.74) is 1.13. The lowest BCUT2D eigenvalue weighted by molar-refractivity contribution is 0.355. The smallest absolute Gasteiger partial charge is 0.161 e. The van der Waals surface area contributed by atoms with Crippen LogP contribution in [-0.2, 0) is 0 Å². The van der Waals surface area contributed by atoms with E-state index < -0.39 is 5.83 Å². The molecule has 112 valence electrons. The van der Waals surface area contributed by atoms with Crippen molar-refractivity contribution in [2.24, 2.45) is 0 Å². The molecule has 0 saturated carbocycles. The van der Waals surface area contributed by atoms with Crippen LogP contribution in [0.5, 0.6) is 11.5 Å². The number of fused-ring (bicyclic) bond motifs is 1. The Morgan fingerprint density at radius 1 is 1.00 bits per heavy atom. The molecule has 0 aliphatic carbocycles. The van der Waals surface area contributed by atoms with Crippen molar-refractivity contribution in [3.63, 3.8) is 0 Å². The molecule has 0 fully saturated rings. The SMILES string of the molecule is COc1ccc(/C(F)=C/c2cc3ccccc3o2)cc1OC. The van der Waals surface area contributed by atoms with Crippen LogP contribution in [0.3, 0.4) is 0 Å². The van der Waals surface area contributed by atoms with E-state index in [-0.39, 0.29) is 0 Å². The fourth-order valence-electron chi connectivity index (χ4n) is 2.27. The molecule has 3 aromatic rings. The van der Waals surface area contributed by atoms with Crippen molar-refractivity contribution in [3.05, 3.63) is 59.9 Å². The number of para-hydroxylation sites is 1. The van der Waals surface area contributed by atoms with Crippen molar-refractivity contribution in [3.8, 4) is 11.5 Å². The zero-order valence-corrected chi connectivity index (χ0v) is 12.3. The van der Waals surface area contributed by atoms with Gasteiger partial charge in [-0.15, -0.1) is 0 Å². The molecule has 3 rings (SSSR count). The fourth-order valence-corrected chi connectivity index (χ4v) is 2.27. The van der Waals surface area contributed by atoms with Crippen molar-refractivity contribution in [2.45, 2.75) is 0 Å². The van der Waals surface area contributed by atoms with E-state index in [1.807, 2.05) is 24.3 Å². The number of methoxy groups -OCH3 is 2. The number of halogens is 1. The maximum absolute atomic E-state index is 14.4. The van der Waals surface area contributed by atoms with Gasteiger partial charge in [-0.05, 0) is 30.3 Å². The van der Waals surface area contributed by atoms with E-state index in [0.717, 1.165) is 11.0 Å². The summed E-state index contributed by atoms with van der Waals surface area (Å²) in [6, 6.07) is 14.3. The van der Waals surface area contributed by atoms with E-state index in [2.05, 4.69) is 0 Å². The van der Waals surface area contributed by atoms with Crippen LogP contribution in [0, 0.1) is 0 Å². The van der Waals surface area contributed by atoms with Gasteiger partial charge in [-0.25, -0.2) is 4.39 Å². The molecule has 0 bridgehead atoms. The number of rotatable bonds is 4. The van der Waals surface area contributed by atoms with E-state index in [1.165, 1.54) is 20.3 Å². The van der Waals surface area contributed by atoms with E-state index in [1.54, 1.807) is 24.3 Å². The summed E-state index contributed by atoms with van der Waals surface area (Å²) in [4.78, 5) is 0. The summed E-state index contributed by atoms with van der Waals surface area (Å²) in [5.74, 6) is 1.10. The number of furan rings is 1. The molecular formula is C18H15FO3. The van der Waals surface area contributed by atoms with Crippen LogP contribution in [0.1, 0.15) is 11.3 Å². The van der Waals surface area contributed by atoms with Gasteiger partial charge in [0.05, 0.1) is 14.2 Å². The summed E-state index contributed by atoms with van der Waals surface area (Å²) < 4.78 is 30.3. The number of benzene rings is 2. The van der Waals surface area contributed by atoms with Gasteiger partial charge in [0.25, 0.3) is 0 Å². The Kier molecular flexibility index (Phi) is 3.83. The first kappa shape index (κ1) is 14.2. The molecule has 0 unspecified atom stereocenters. The normalized spacial score (nSPS) is 11.7. The minimum Gasteiger partial charge on any atom is -0.493 e. The Labute approximate surface area is 127 Å². The molecule has 0 saturated heterocycles. The Morgan fingerprint density at radius 3 is 2.50 bits per heavy atom. The molecule has 1 aromatic heterocycles. The summed E-state index contributed by atoms with van der Waals surface area (Å²) in [5, 5.41) is 0.939. The zero-order valence-electron chi connectivity index (χ0n) is 12.3.